The Morgan fingerprint density at radius 1 is 1.25 bits per heavy atom. The van der Waals surface area contributed by atoms with E-state index in [1.807, 2.05) is 33.8 Å². The third-order valence-corrected chi connectivity index (χ3v) is 4.09. The van der Waals surface area contributed by atoms with Gasteiger partial charge in [0.1, 0.15) is 17.3 Å². The van der Waals surface area contributed by atoms with E-state index in [1.54, 1.807) is 12.1 Å². The first-order valence-corrected chi connectivity index (χ1v) is 8.08. The average Bonchev–Trinajstić information content (AvgIpc) is 2.48. The molecule has 6 nitrogen and oxygen atoms in total. The summed E-state index contributed by atoms with van der Waals surface area (Å²) in [4.78, 5) is 30.1. The number of carbonyl (C=O) groups excluding carboxylic acids is 1. The van der Waals surface area contributed by atoms with Crippen LogP contribution in [0.5, 0.6) is 5.75 Å². The number of carbonyl (C=O) groups is 1. The van der Waals surface area contributed by atoms with Crippen LogP contribution in [0.1, 0.15) is 39.6 Å². The minimum absolute atomic E-state index is 0.0464. The van der Waals surface area contributed by atoms with Crippen molar-refractivity contribution in [2.45, 2.75) is 33.7 Å². The first kappa shape index (κ1) is 16.2. The number of para-hydroxylation sites is 1. The lowest BCUT2D eigenvalue weighted by molar-refractivity contribution is -0.125. The van der Waals surface area contributed by atoms with Crippen LogP contribution in [0.25, 0.3) is 16.6 Å². The molecule has 0 bridgehead atoms. The fourth-order valence-electron chi connectivity index (χ4n) is 3.09. The van der Waals surface area contributed by atoms with Crippen LogP contribution in [0.2, 0.25) is 0 Å². The number of hydrogen-bond acceptors (Lipinski definition) is 4. The molecule has 0 saturated heterocycles. The molecule has 0 saturated carbocycles. The van der Waals surface area contributed by atoms with Gasteiger partial charge in [-0.25, -0.2) is 4.98 Å². The minimum atomic E-state index is -0.629. The summed E-state index contributed by atoms with van der Waals surface area (Å²) in [6, 6.07) is 4.09. The van der Waals surface area contributed by atoms with E-state index in [-0.39, 0.29) is 34.6 Å². The van der Waals surface area contributed by atoms with Crippen LogP contribution in [0.3, 0.4) is 0 Å². The quantitative estimate of drug-likeness (QED) is 0.887. The Balaban J connectivity index is 2.43. The smallest absolute Gasteiger partial charge is 0.262 e. The van der Waals surface area contributed by atoms with E-state index >= 15 is 0 Å². The molecule has 1 amide bonds. The maximum atomic E-state index is 13.0. The molecule has 6 heteroatoms. The number of nitrogens with one attached hydrogen (secondary N) is 1. The van der Waals surface area contributed by atoms with Crippen molar-refractivity contribution in [3.8, 4) is 5.75 Å². The second-order valence-corrected chi connectivity index (χ2v) is 6.79. The minimum Gasteiger partial charge on any atom is -0.506 e. The van der Waals surface area contributed by atoms with Gasteiger partial charge in [-0.2, -0.15) is 0 Å². The number of aromatic nitrogens is 2. The van der Waals surface area contributed by atoms with Gasteiger partial charge in [-0.1, -0.05) is 39.8 Å². The van der Waals surface area contributed by atoms with Gasteiger partial charge in [0, 0.05) is 0 Å². The predicted molar refractivity (Wildman–Crippen MR) is 92.5 cm³/mol. The van der Waals surface area contributed by atoms with Gasteiger partial charge in [0.15, 0.2) is 5.82 Å². The molecule has 1 aliphatic heterocycles. The molecule has 0 fully saturated rings. The van der Waals surface area contributed by atoms with E-state index < -0.39 is 6.04 Å². The highest BCUT2D eigenvalue weighted by molar-refractivity contribution is 5.93. The van der Waals surface area contributed by atoms with Crippen molar-refractivity contribution in [3.63, 3.8) is 0 Å². The standard InChI is InChI=1S/C18H21N3O3/c1-9(2)8-12-16-20-14-11(6-5-7-13(14)22)18(24)21(16)15(10(3)4)17(23)19-12/h5-10,15,22H,1-4H3,(H,19,23)/b12-8+. The Bertz CT molecular complexity index is 910. The van der Waals surface area contributed by atoms with Crippen LogP contribution in [0, 0.1) is 11.8 Å². The maximum Gasteiger partial charge on any atom is 0.262 e. The molecule has 1 aromatic heterocycles. The summed E-state index contributed by atoms with van der Waals surface area (Å²) in [5.74, 6) is 0.226. The van der Waals surface area contributed by atoms with Crippen LogP contribution in [0.4, 0.5) is 0 Å². The number of benzene rings is 1. The Morgan fingerprint density at radius 3 is 2.58 bits per heavy atom. The third-order valence-electron chi connectivity index (χ3n) is 4.09. The lowest BCUT2D eigenvalue weighted by atomic mass is 9.99. The fourth-order valence-corrected chi connectivity index (χ4v) is 3.09. The Morgan fingerprint density at radius 2 is 1.96 bits per heavy atom. The van der Waals surface area contributed by atoms with E-state index in [1.165, 1.54) is 10.6 Å². The molecular weight excluding hydrogens is 306 g/mol. The van der Waals surface area contributed by atoms with Gasteiger partial charge >= 0.3 is 0 Å². The number of amides is 1. The number of phenolic OH excluding ortho intramolecular Hbond substituents is 1. The zero-order chi connectivity index (χ0) is 17.6. The summed E-state index contributed by atoms with van der Waals surface area (Å²) in [6.45, 7) is 7.75. The van der Waals surface area contributed by atoms with Gasteiger partial charge in [0.25, 0.3) is 5.56 Å². The monoisotopic (exact) mass is 327 g/mol. The molecule has 24 heavy (non-hydrogen) atoms. The molecule has 2 aromatic rings. The largest absolute Gasteiger partial charge is 0.506 e. The predicted octanol–water partition coefficient (Wildman–Crippen LogP) is 2.43. The molecule has 0 radical (unpaired) electrons. The Labute approximate surface area is 139 Å². The van der Waals surface area contributed by atoms with Gasteiger partial charge < -0.3 is 10.4 Å². The third kappa shape index (κ3) is 2.48. The molecule has 1 aliphatic rings. The van der Waals surface area contributed by atoms with Crippen molar-refractivity contribution < 1.29 is 9.90 Å². The van der Waals surface area contributed by atoms with Gasteiger partial charge in [0.05, 0.1) is 11.1 Å². The lowest BCUT2D eigenvalue weighted by Gasteiger charge is -2.31. The maximum absolute atomic E-state index is 13.0. The van der Waals surface area contributed by atoms with Crippen molar-refractivity contribution in [2.75, 3.05) is 0 Å². The number of nitrogens with zero attached hydrogens (tertiary/aromatic N) is 2. The molecule has 0 aliphatic carbocycles. The second kappa shape index (κ2) is 5.78. The summed E-state index contributed by atoms with van der Waals surface area (Å²) < 4.78 is 1.46. The molecule has 3 rings (SSSR count). The fraction of sp³-hybridized carbons (Fsp3) is 0.389. The van der Waals surface area contributed by atoms with E-state index in [4.69, 9.17) is 0 Å². The molecular formula is C18H21N3O3. The number of phenols is 1. The van der Waals surface area contributed by atoms with Gasteiger partial charge in [-0.05, 0) is 24.0 Å². The highest BCUT2D eigenvalue weighted by Crippen LogP contribution is 2.29. The highest BCUT2D eigenvalue weighted by atomic mass is 16.3. The van der Waals surface area contributed by atoms with Crippen LogP contribution < -0.4 is 10.9 Å². The zero-order valence-corrected chi connectivity index (χ0v) is 14.2. The normalized spacial score (nSPS) is 19.2. The van der Waals surface area contributed by atoms with Crippen molar-refractivity contribution in [2.24, 2.45) is 11.8 Å². The van der Waals surface area contributed by atoms with Crippen molar-refractivity contribution in [3.05, 3.63) is 40.5 Å². The van der Waals surface area contributed by atoms with Gasteiger partial charge in [-0.3, -0.25) is 14.2 Å². The number of rotatable bonds is 2. The summed E-state index contributed by atoms with van der Waals surface area (Å²) in [5.41, 5.74) is 0.449. The molecule has 0 spiro atoms. The summed E-state index contributed by atoms with van der Waals surface area (Å²) in [6.07, 6.45) is 1.86. The molecule has 1 unspecified atom stereocenters. The van der Waals surface area contributed by atoms with Crippen LogP contribution in [-0.2, 0) is 4.79 Å². The summed E-state index contributed by atoms with van der Waals surface area (Å²) in [7, 11) is 0. The second-order valence-electron chi connectivity index (χ2n) is 6.79. The molecule has 126 valence electrons. The van der Waals surface area contributed by atoms with Crippen LogP contribution >= 0.6 is 0 Å². The first-order valence-electron chi connectivity index (χ1n) is 8.08. The molecule has 2 heterocycles. The number of hydrogen-bond donors (Lipinski definition) is 2. The van der Waals surface area contributed by atoms with Gasteiger partial charge in [0.2, 0.25) is 5.91 Å². The van der Waals surface area contributed by atoms with E-state index in [2.05, 4.69) is 10.3 Å². The first-order chi connectivity index (χ1) is 11.3. The molecule has 1 aromatic carbocycles. The topological polar surface area (TPSA) is 84.2 Å². The van der Waals surface area contributed by atoms with E-state index in [9.17, 15) is 14.7 Å². The van der Waals surface area contributed by atoms with Gasteiger partial charge in [-0.15, -0.1) is 0 Å². The Hall–Kier alpha value is -2.63. The number of aromatic hydroxyl groups is 1. The molecule has 2 N–H and O–H groups in total. The lowest BCUT2D eigenvalue weighted by Crippen LogP contribution is -2.46. The van der Waals surface area contributed by atoms with Crippen molar-refractivity contribution >= 4 is 22.5 Å². The highest BCUT2D eigenvalue weighted by Gasteiger charge is 2.35. The SMILES string of the molecule is CC(C)/C=C1/NC(=O)C(C(C)C)n2c1nc1c(O)cccc1c2=O. The summed E-state index contributed by atoms with van der Waals surface area (Å²) in [5, 5.41) is 13.2. The zero-order valence-electron chi connectivity index (χ0n) is 14.2. The Kier molecular flexibility index (Phi) is 3.91. The van der Waals surface area contributed by atoms with Crippen molar-refractivity contribution in [1.29, 1.82) is 0 Å². The van der Waals surface area contributed by atoms with E-state index in [0.717, 1.165) is 0 Å². The number of fused-ring (bicyclic) bond motifs is 2. The van der Waals surface area contributed by atoms with Crippen LogP contribution in [-0.4, -0.2) is 20.6 Å². The summed E-state index contributed by atoms with van der Waals surface area (Å²) >= 11 is 0. The van der Waals surface area contributed by atoms with Crippen molar-refractivity contribution in [1.82, 2.24) is 14.9 Å². The van der Waals surface area contributed by atoms with Crippen LogP contribution in [0.15, 0.2) is 29.1 Å². The molecule has 1 atom stereocenters. The van der Waals surface area contributed by atoms with E-state index in [0.29, 0.717) is 16.9 Å². The average molecular weight is 327 g/mol. The number of allylic oxidation sites excluding steroid dienone is 1.